The Kier molecular flexibility index (Phi) is 5.70. The molecule has 0 radical (unpaired) electrons. The monoisotopic (exact) mass is 440 g/mol. The molecule has 0 aliphatic carbocycles. The largest absolute Gasteiger partial charge is 0.384 e. The molecule has 0 unspecified atom stereocenters. The highest BCUT2D eigenvalue weighted by atomic mass is 35.5. The van der Waals surface area contributed by atoms with Gasteiger partial charge in [-0.05, 0) is 37.0 Å². The van der Waals surface area contributed by atoms with Crippen LogP contribution >= 0.6 is 11.6 Å². The third-order valence-corrected chi connectivity index (χ3v) is 7.37. The molecule has 3 rings (SSSR count). The molecule has 0 spiro atoms. The summed E-state index contributed by atoms with van der Waals surface area (Å²) in [5.74, 6) is -0.904. The number of nitrogens with one attached hydrogen (secondary N) is 1. The molecule has 2 aromatic rings. The quantitative estimate of drug-likeness (QED) is 0.679. The van der Waals surface area contributed by atoms with E-state index in [1.807, 2.05) is 11.9 Å². The van der Waals surface area contributed by atoms with Crippen LogP contribution in [0.3, 0.4) is 0 Å². The zero-order valence-electron chi connectivity index (χ0n) is 15.9. The van der Waals surface area contributed by atoms with E-state index in [0.29, 0.717) is 13.1 Å². The van der Waals surface area contributed by atoms with Crippen molar-refractivity contribution >= 4 is 33.2 Å². The first kappa shape index (κ1) is 21.3. The summed E-state index contributed by atoms with van der Waals surface area (Å²) in [6.45, 7) is 2.71. The maximum atomic E-state index is 13.1. The lowest BCUT2D eigenvalue weighted by Gasteiger charge is -2.30. The first-order valence-corrected chi connectivity index (χ1v) is 10.8. The lowest BCUT2D eigenvalue weighted by molar-refractivity contribution is 0.103. The summed E-state index contributed by atoms with van der Waals surface area (Å²) in [6, 6.07) is 3.75. The van der Waals surface area contributed by atoms with Gasteiger partial charge in [0.05, 0.1) is 5.02 Å². The summed E-state index contributed by atoms with van der Waals surface area (Å²) in [6.07, 6.45) is 1.67. The van der Waals surface area contributed by atoms with Gasteiger partial charge in [-0.25, -0.2) is 13.2 Å². The summed E-state index contributed by atoms with van der Waals surface area (Å²) in [5, 5.41) is -0.0258. The van der Waals surface area contributed by atoms with Crippen LogP contribution in [0.15, 0.2) is 32.7 Å². The van der Waals surface area contributed by atoms with Gasteiger partial charge in [-0.15, -0.1) is 0 Å². The van der Waals surface area contributed by atoms with Crippen LogP contribution in [0.4, 0.5) is 5.82 Å². The van der Waals surface area contributed by atoms with Crippen LogP contribution in [-0.4, -0.2) is 41.1 Å². The summed E-state index contributed by atoms with van der Waals surface area (Å²) >= 11 is 6.14. The Morgan fingerprint density at radius 2 is 2.00 bits per heavy atom. The van der Waals surface area contributed by atoms with E-state index in [1.54, 1.807) is 0 Å². The lowest BCUT2D eigenvalue weighted by Crippen LogP contribution is -2.39. The minimum absolute atomic E-state index is 0.0258. The van der Waals surface area contributed by atoms with E-state index in [0.717, 1.165) is 23.5 Å². The van der Waals surface area contributed by atoms with Crippen LogP contribution < -0.4 is 17.0 Å². The van der Waals surface area contributed by atoms with Gasteiger partial charge in [0.15, 0.2) is 0 Å². The Labute approximate surface area is 172 Å². The molecule has 1 atom stereocenters. The molecule has 1 aliphatic rings. The Bertz CT molecular complexity index is 1200. The van der Waals surface area contributed by atoms with E-state index in [1.165, 1.54) is 23.5 Å². The number of nitrogens with two attached hydrogens (primary N) is 1. The lowest BCUT2D eigenvalue weighted by atomic mass is 10.0. The number of H-pyrrole nitrogens is 1. The highest BCUT2D eigenvalue weighted by Gasteiger charge is 2.31. The molecule has 0 saturated carbocycles. The Balaban J connectivity index is 2.09. The predicted molar refractivity (Wildman–Crippen MR) is 109 cm³/mol. The van der Waals surface area contributed by atoms with Crippen LogP contribution in [0.1, 0.15) is 35.7 Å². The van der Waals surface area contributed by atoms with E-state index in [2.05, 4.69) is 0 Å². The van der Waals surface area contributed by atoms with Crippen molar-refractivity contribution in [2.24, 2.45) is 13.0 Å². The number of hydrogen-bond acceptors (Lipinski definition) is 6. The van der Waals surface area contributed by atoms with Crippen molar-refractivity contribution in [1.29, 1.82) is 0 Å². The third kappa shape index (κ3) is 3.87. The zero-order valence-corrected chi connectivity index (χ0v) is 17.5. The summed E-state index contributed by atoms with van der Waals surface area (Å²) < 4.78 is 28.5. The first-order valence-electron chi connectivity index (χ1n) is 8.97. The molecule has 29 heavy (non-hydrogen) atoms. The minimum atomic E-state index is -3.92. The molecule has 1 aromatic carbocycles. The van der Waals surface area contributed by atoms with Crippen molar-refractivity contribution in [2.45, 2.75) is 24.7 Å². The smallest absolute Gasteiger partial charge is 0.329 e. The van der Waals surface area contributed by atoms with Crippen molar-refractivity contribution in [2.75, 3.05) is 18.8 Å². The van der Waals surface area contributed by atoms with Crippen molar-refractivity contribution in [3.8, 4) is 0 Å². The van der Waals surface area contributed by atoms with E-state index < -0.39 is 32.6 Å². The van der Waals surface area contributed by atoms with Gasteiger partial charge in [-0.2, -0.15) is 4.31 Å². The van der Waals surface area contributed by atoms with Crippen LogP contribution in [0, 0.1) is 5.92 Å². The molecule has 2 heterocycles. The molecule has 1 saturated heterocycles. The number of benzene rings is 1. The maximum absolute atomic E-state index is 13.1. The van der Waals surface area contributed by atoms with Gasteiger partial charge >= 0.3 is 5.69 Å². The number of aromatic nitrogens is 2. The van der Waals surface area contributed by atoms with Gasteiger partial charge in [-0.1, -0.05) is 18.5 Å². The number of rotatable bonds is 4. The number of halogens is 1. The fourth-order valence-electron chi connectivity index (χ4n) is 3.35. The van der Waals surface area contributed by atoms with Gasteiger partial charge < -0.3 is 5.73 Å². The molecule has 1 fully saturated rings. The van der Waals surface area contributed by atoms with E-state index >= 15 is 0 Å². The van der Waals surface area contributed by atoms with Crippen LogP contribution in [0.25, 0.3) is 0 Å². The number of nitrogen functional groups attached to an aromatic ring is 1. The summed E-state index contributed by atoms with van der Waals surface area (Å²) in [7, 11) is -2.62. The highest BCUT2D eigenvalue weighted by molar-refractivity contribution is 7.89. The summed E-state index contributed by atoms with van der Waals surface area (Å²) in [5.41, 5.74) is 3.56. The average molecular weight is 441 g/mol. The second-order valence-corrected chi connectivity index (χ2v) is 9.48. The zero-order chi connectivity index (χ0) is 21.5. The minimum Gasteiger partial charge on any atom is -0.384 e. The molecular formula is C18H21ClN4O5S. The van der Waals surface area contributed by atoms with Gasteiger partial charge in [0.25, 0.3) is 5.56 Å². The number of sulfonamides is 1. The number of carbonyl (C=O) groups is 1. The Morgan fingerprint density at radius 3 is 2.66 bits per heavy atom. The fraction of sp³-hybridized carbons (Fsp3) is 0.389. The van der Waals surface area contributed by atoms with Crippen LogP contribution in [0.5, 0.6) is 0 Å². The molecule has 156 valence electrons. The standard InChI is InChI=1S/C18H21ClN4O5S/c1-10-4-3-7-23(9-10)29(27,28)13-8-11(5-6-12(13)19)15(24)14-16(20)22(2)18(26)21-17(14)25/h5-6,8,10H,3-4,7,9,20H2,1-2H3,(H,21,25,26)/t10-/m0/s1. The first-order chi connectivity index (χ1) is 13.5. The maximum Gasteiger partial charge on any atom is 0.329 e. The molecule has 9 nitrogen and oxygen atoms in total. The SMILES string of the molecule is C[C@H]1CCCN(S(=O)(=O)c2cc(C(=O)c3c(N)n(C)c(=O)[nH]c3=O)ccc2Cl)C1. The predicted octanol–water partition coefficient (Wildman–Crippen LogP) is 0.961. The normalized spacial score (nSPS) is 18.0. The fourth-order valence-corrected chi connectivity index (χ4v) is 5.45. The summed E-state index contributed by atoms with van der Waals surface area (Å²) in [4.78, 5) is 38.5. The molecule has 11 heteroatoms. The van der Waals surface area contributed by atoms with Gasteiger partial charge in [-0.3, -0.25) is 19.1 Å². The van der Waals surface area contributed by atoms with E-state index in [-0.39, 0.29) is 27.2 Å². The van der Waals surface area contributed by atoms with Gasteiger partial charge in [0.2, 0.25) is 15.8 Å². The number of aromatic amines is 1. The second kappa shape index (κ2) is 7.77. The molecule has 1 aliphatic heterocycles. The number of ketones is 1. The van der Waals surface area contributed by atoms with Crippen LogP contribution in [-0.2, 0) is 17.1 Å². The van der Waals surface area contributed by atoms with Gasteiger partial charge in [0.1, 0.15) is 16.3 Å². The van der Waals surface area contributed by atoms with Crippen molar-refractivity contribution in [3.63, 3.8) is 0 Å². The average Bonchev–Trinajstić information content (AvgIpc) is 2.66. The molecule has 3 N–H and O–H groups in total. The van der Waals surface area contributed by atoms with Crippen molar-refractivity contribution in [1.82, 2.24) is 13.9 Å². The van der Waals surface area contributed by atoms with E-state index in [4.69, 9.17) is 17.3 Å². The van der Waals surface area contributed by atoms with Crippen molar-refractivity contribution < 1.29 is 13.2 Å². The number of piperidine rings is 1. The number of anilines is 1. The molecule has 1 aromatic heterocycles. The Hall–Kier alpha value is -2.43. The number of nitrogens with zero attached hydrogens (tertiary/aromatic N) is 2. The topological polar surface area (TPSA) is 135 Å². The highest BCUT2D eigenvalue weighted by Crippen LogP contribution is 2.29. The van der Waals surface area contributed by atoms with Crippen LogP contribution in [0.2, 0.25) is 5.02 Å². The Morgan fingerprint density at radius 1 is 1.31 bits per heavy atom. The number of hydrogen-bond donors (Lipinski definition) is 2. The second-order valence-electron chi connectivity index (χ2n) is 7.16. The number of carbonyl (C=O) groups excluding carboxylic acids is 1. The third-order valence-electron chi connectivity index (χ3n) is 5.03. The van der Waals surface area contributed by atoms with E-state index in [9.17, 15) is 22.8 Å². The van der Waals surface area contributed by atoms with Gasteiger partial charge in [0, 0.05) is 25.7 Å². The molecular weight excluding hydrogens is 420 g/mol. The molecule has 0 bridgehead atoms. The van der Waals surface area contributed by atoms with Crippen molar-refractivity contribution in [3.05, 3.63) is 55.2 Å². The molecule has 0 amide bonds.